The van der Waals surface area contributed by atoms with Crippen LogP contribution < -0.4 is 15.4 Å². The van der Waals surface area contributed by atoms with Crippen molar-refractivity contribution in [3.8, 4) is 5.75 Å². The first-order valence-electron chi connectivity index (χ1n) is 11.4. The number of nitrogens with two attached hydrogens (primary N) is 1. The number of carboxylic acid groups (broad SMARTS) is 1. The first kappa shape index (κ1) is 25.5. The van der Waals surface area contributed by atoms with Crippen LogP contribution in [0, 0.1) is 5.41 Å². The highest BCUT2D eigenvalue weighted by molar-refractivity contribution is 5.97. The molecular weight excluding hydrogens is 452 g/mol. The number of carbonyl (C=O) groups excluding carboxylic acids is 2. The van der Waals surface area contributed by atoms with Crippen molar-refractivity contribution >= 4 is 29.5 Å². The number of aliphatic carboxylic acids is 1. The molecular formula is C25H30N4O6. The maximum Gasteiger partial charge on any atom is 0.414 e. The van der Waals surface area contributed by atoms with Crippen molar-refractivity contribution in [1.29, 1.82) is 5.41 Å². The fraction of sp³-hybridized carbons (Fsp3) is 0.360. The molecule has 1 atom stereocenters. The zero-order valence-electron chi connectivity index (χ0n) is 19.6. The Balaban J connectivity index is 0.000000795. The van der Waals surface area contributed by atoms with Gasteiger partial charge in [-0.1, -0.05) is 12.1 Å². The molecule has 2 aromatic rings. The molecule has 0 spiro atoms. The number of carboxylic acids is 1. The number of nitrogen functional groups attached to an aromatic ring is 1. The number of benzene rings is 2. The van der Waals surface area contributed by atoms with Crippen molar-refractivity contribution in [1.82, 2.24) is 4.90 Å². The van der Waals surface area contributed by atoms with Crippen LogP contribution in [0.25, 0.3) is 0 Å². The predicted molar refractivity (Wildman–Crippen MR) is 130 cm³/mol. The third-order valence-corrected chi connectivity index (χ3v) is 5.52. The van der Waals surface area contributed by atoms with E-state index in [-0.39, 0.29) is 18.3 Å². The number of amides is 2. The van der Waals surface area contributed by atoms with Crippen molar-refractivity contribution < 1.29 is 29.0 Å². The summed E-state index contributed by atoms with van der Waals surface area (Å²) < 4.78 is 11.2. The van der Waals surface area contributed by atoms with Gasteiger partial charge < -0.3 is 25.2 Å². The van der Waals surface area contributed by atoms with E-state index < -0.39 is 18.2 Å². The first-order valence-corrected chi connectivity index (χ1v) is 11.4. The molecule has 0 bridgehead atoms. The highest BCUT2D eigenvalue weighted by Crippen LogP contribution is 2.24. The molecule has 2 amide bonds. The van der Waals surface area contributed by atoms with Crippen molar-refractivity contribution in [2.24, 2.45) is 5.73 Å². The summed E-state index contributed by atoms with van der Waals surface area (Å²) >= 11 is 0. The van der Waals surface area contributed by atoms with E-state index in [4.69, 9.17) is 30.5 Å². The van der Waals surface area contributed by atoms with E-state index in [0.29, 0.717) is 29.1 Å². The Kier molecular flexibility index (Phi) is 8.66. The van der Waals surface area contributed by atoms with Crippen LogP contribution in [0.15, 0.2) is 48.5 Å². The zero-order chi connectivity index (χ0) is 25.4. The fourth-order valence-electron chi connectivity index (χ4n) is 3.82. The van der Waals surface area contributed by atoms with E-state index in [2.05, 4.69) is 0 Å². The van der Waals surface area contributed by atoms with Crippen LogP contribution in [0.4, 0.5) is 10.5 Å². The van der Waals surface area contributed by atoms with E-state index in [1.54, 1.807) is 48.5 Å². The molecule has 0 saturated carbocycles. The minimum atomic E-state index is -0.833. The van der Waals surface area contributed by atoms with Gasteiger partial charge in [0.1, 0.15) is 18.2 Å². The van der Waals surface area contributed by atoms with Gasteiger partial charge in [0.2, 0.25) is 0 Å². The summed E-state index contributed by atoms with van der Waals surface area (Å²) in [6.45, 7) is 3.26. The molecule has 2 saturated heterocycles. The second-order valence-corrected chi connectivity index (χ2v) is 8.29. The quantitative estimate of drug-likeness (QED) is 0.423. The van der Waals surface area contributed by atoms with Gasteiger partial charge >= 0.3 is 6.09 Å². The number of rotatable bonds is 6. The van der Waals surface area contributed by atoms with Gasteiger partial charge in [-0.05, 0) is 55.7 Å². The lowest BCUT2D eigenvalue weighted by Gasteiger charge is -2.26. The van der Waals surface area contributed by atoms with Gasteiger partial charge in [-0.15, -0.1) is 0 Å². The summed E-state index contributed by atoms with van der Waals surface area (Å²) in [5.41, 5.74) is 7.35. The lowest BCUT2D eigenvalue weighted by Crippen LogP contribution is -2.35. The standard InChI is InChI=1S/C23H26N4O4.C2H4O2/c24-21(25)17-5-4-6-18(13-17)27-14-20(31-23(27)29)15-30-19-9-7-16(8-10-19)22(28)26-11-2-1-3-12-26;1-2(3)4/h4-10,13,20H,1-3,11-12,14-15H2,(H3,24,25);1H3,(H,3,4). The maximum atomic E-state index is 12.6. The van der Waals surface area contributed by atoms with Crippen molar-refractivity contribution in [3.05, 3.63) is 59.7 Å². The molecule has 0 aliphatic carbocycles. The molecule has 1 unspecified atom stereocenters. The second kappa shape index (κ2) is 11.9. The minimum absolute atomic E-state index is 0.0550. The van der Waals surface area contributed by atoms with Gasteiger partial charge in [0, 0.05) is 36.8 Å². The Bertz CT molecular complexity index is 1060. The van der Waals surface area contributed by atoms with Crippen molar-refractivity contribution in [3.63, 3.8) is 0 Å². The second-order valence-electron chi connectivity index (χ2n) is 8.29. The normalized spacial score (nSPS) is 17.2. The molecule has 4 rings (SSSR count). The zero-order valence-corrected chi connectivity index (χ0v) is 19.6. The summed E-state index contributed by atoms with van der Waals surface area (Å²) in [5, 5.41) is 15.0. The number of hydrogen-bond donors (Lipinski definition) is 3. The number of cyclic esters (lactones) is 1. The molecule has 0 radical (unpaired) electrons. The number of anilines is 1. The smallest absolute Gasteiger partial charge is 0.414 e. The average Bonchev–Trinajstić information content (AvgIpc) is 3.23. The van der Waals surface area contributed by atoms with E-state index in [1.165, 1.54) is 11.3 Å². The van der Waals surface area contributed by atoms with Crippen LogP contribution in [0.5, 0.6) is 5.75 Å². The monoisotopic (exact) mass is 482 g/mol. The summed E-state index contributed by atoms with van der Waals surface area (Å²) in [7, 11) is 0. The number of hydrogen-bond acceptors (Lipinski definition) is 6. The molecule has 2 heterocycles. The number of amidine groups is 1. The molecule has 2 fully saturated rings. The number of piperidine rings is 1. The molecule has 35 heavy (non-hydrogen) atoms. The van der Waals surface area contributed by atoms with E-state index >= 15 is 0 Å². The van der Waals surface area contributed by atoms with Gasteiger partial charge in [0.15, 0.2) is 6.10 Å². The topological polar surface area (TPSA) is 146 Å². The molecule has 10 nitrogen and oxygen atoms in total. The predicted octanol–water partition coefficient (Wildman–Crippen LogP) is 3.09. The Labute approximate surface area is 203 Å². The van der Waals surface area contributed by atoms with Crippen LogP contribution >= 0.6 is 0 Å². The number of nitrogens with zero attached hydrogens (tertiary/aromatic N) is 2. The van der Waals surface area contributed by atoms with Gasteiger partial charge in [-0.25, -0.2) is 4.79 Å². The maximum absolute atomic E-state index is 12.6. The molecule has 186 valence electrons. The summed E-state index contributed by atoms with van der Waals surface area (Å²) in [6.07, 6.45) is 2.41. The first-order chi connectivity index (χ1) is 16.7. The third-order valence-electron chi connectivity index (χ3n) is 5.52. The molecule has 2 aliphatic heterocycles. The van der Waals surface area contributed by atoms with Gasteiger partial charge in [-0.2, -0.15) is 0 Å². The van der Waals surface area contributed by atoms with Crippen molar-refractivity contribution in [2.75, 3.05) is 31.1 Å². The number of carbonyl (C=O) groups is 3. The van der Waals surface area contributed by atoms with E-state index in [9.17, 15) is 9.59 Å². The molecule has 4 N–H and O–H groups in total. The largest absolute Gasteiger partial charge is 0.490 e. The van der Waals surface area contributed by atoms with Gasteiger partial charge in [0.25, 0.3) is 11.9 Å². The molecule has 2 aromatic carbocycles. The fourth-order valence-corrected chi connectivity index (χ4v) is 3.82. The Morgan fingerprint density at radius 3 is 2.40 bits per heavy atom. The van der Waals surface area contributed by atoms with Gasteiger partial charge in [-0.3, -0.25) is 19.9 Å². The Morgan fingerprint density at radius 1 is 1.11 bits per heavy atom. The lowest BCUT2D eigenvalue weighted by molar-refractivity contribution is -0.134. The molecule has 2 aliphatic rings. The van der Waals surface area contributed by atoms with Crippen LogP contribution in [0.3, 0.4) is 0 Å². The Hall–Kier alpha value is -4.08. The number of nitrogens with one attached hydrogen (secondary N) is 1. The minimum Gasteiger partial charge on any atom is -0.490 e. The summed E-state index contributed by atoms with van der Waals surface area (Å²) in [4.78, 5) is 37.2. The third kappa shape index (κ3) is 7.20. The Morgan fingerprint density at radius 2 is 1.77 bits per heavy atom. The summed E-state index contributed by atoms with van der Waals surface area (Å²) in [6, 6.07) is 14.0. The highest BCUT2D eigenvalue weighted by atomic mass is 16.6. The summed E-state index contributed by atoms with van der Waals surface area (Å²) in [5.74, 6) is -0.223. The van der Waals surface area contributed by atoms with Crippen LogP contribution in [0.2, 0.25) is 0 Å². The number of likely N-dealkylation sites (tertiary alicyclic amines) is 1. The van der Waals surface area contributed by atoms with Gasteiger partial charge in [0.05, 0.1) is 6.54 Å². The van der Waals surface area contributed by atoms with Crippen LogP contribution in [-0.4, -0.2) is 66.2 Å². The highest BCUT2D eigenvalue weighted by Gasteiger charge is 2.33. The number of ether oxygens (including phenoxy) is 2. The van der Waals surface area contributed by atoms with E-state index in [0.717, 1.165) is 32.9 Å². The lowest BCUT2D eigenvalue weighted by atomic mass is 10.1. The van der Waals surface area contributed by atoms with Crippen LogP contribution in [0.1, 0.15) is 42.1 Å². The van der Waals surface area contributed by atoms with E-state index in [1.807, 2.05) is 4.90 Å². The average molecular weight is 483 g/mol. The van der Waals surface area contributed by atoms with Crippen LogP contribution in [-0.2, 0) is 9.53 Å². The molecule has 10 heteroatoms. The SMILES string of the molecule is CC(=O)O.N=C(N)c1cccc(N2CC(COc3ccc(C(=O)N4CCCCC4)cc3)OC2=O)c1. The van der Waals surface area contributed by atoms with Crippen molar-refractivity contribution in [2.45, 2.75) is 32.3 Å². The molecule has 0 aromatic heterocycles.